The number of anilines is 1. The average Bonchev–Trinajstić information content (AvgIpc) is 2.95. The highest BCUT2D eigenvalue weighted by Crippen LogP contribution is 2.31. The van der Waals surface area contributed by atoms with Crippen LogP contribution in [0.5, 0.6) is 0 Å². The summed E-state index contributed by atoms with van der Waals surface area (Å²) >= 11 is 1.85. The van der Waals surface area contributed by atoms with E-state index in [-0.39, 0.29) is 0 Å². The van der Waals surface area contributed by atoms with E-state index < -0.39 is 0 Å². The Morgan fingerprint density at radius 2 is 2.12 bits per heavy atom. The molecule has 1 saturated carbocycles. The fraction of sp³-hybridized carbons (Fsp3) is 0.769. The highest BCUT2D eigenvalue weighted by molar-refractivity contribution is 7.15. The fourth-order valence-electron chi connectivity index (χ4n) is 2.41. The van der Waals surface area contributed by atoms with Crippen LogP contribution in [-0.2, 0) is 6.54 Å². The zero-order valence-corrected chi connectivity index (χ0v) is 11.9. The van der Waals surface area contributed by atoms with Crippen LogP contribution in [0.1, 0.15) is 43.2 Å². The van der Waals surface area contributed by atoms with Gasteiger partial charge >= 0.3 is 0 Å². The number of thiazole rings is 1. The van der Waals surface area contributed by atoms with Crippen molar-refractivity contribution >= 4 is 16.5 Å². The van der Waals surface area contributed by atoms with E-state index in [0.29, 0.717) is 6.04 Å². The van der Waals surface area contributed by atoms with Crippen molar-refractivity contribution in [3.05, 3.63) is 10.6 Å². The van der Waals surface area contributed by atoms with Crippen LogP contribution >= 0.6 is 11.3 Å². The van der Waals surface area contributed by atoms with Gasteiger partial charge in [0, 0.05) is 24.5 Å². The van der Waals surface area contributed by atoms with Crippen molar-refractivity contribution in [2.45, 2.75) is 52.1 Å². The Bertz CT molecular complexity index is 356. The maximum absolute atomic E-state index is 4.71. The third kappa shape index (κ3) is 2.99. The molecule has 0 saturated heterocycles. The van der Waals surface area contributed by atoms with Gasteiger partial charge in [0.15, 0.2) is 5.13 Å². The molecule has 0 spiro atoms. The molecule has 0 bridgehead atoms. The van der Waals surface area contributed by atoms with Crippen LogP contribution in [0.3, 0.4) is 0 Å². The van der Waals surface area contributed by atoms with E-state index in [1.54, 1.807) is 0 Å². The van der Waals surface area contributed by atoms with Crippen molar-refractivity contribution in [2.24, 2.45) is 0 Å². The van der Waals surface area contributed by atoms with Crippen molar-refractivity contribution in [2.75, 3.05) is 18.5 Å². The number of rotatable bonds is 5. The molecule has 96 valence electrons. The zero-order chi connectivity index (χ0) is 12.3. The third-order valence-corrected chi connectivity index (χ3v) is 4.84. The quantitative estimate of drug-likeness (QED) is 0.874. The summed E-state index contributed by atoms with van der Waals surface area (Å²) in [4.78, 5) is 8.48. The Balaban J connectivity index is 2.04. The number of nitrogens with zero attached hydrogens (tertiary/aromatic N) is 2. The average molecular weight is 253 g/mol. The van der Waals surface area contributed by atoms with Crippen LogP contribution in [0.4, 0.5) is 5.13 Å². The Hall–Kier alpha value is -0.610. The minimum absolute atomic E-state index is 0.715. The lowest BCUT2D eigenvalue weighted by molar-refractivity contribution is 0.651. The molecule has 1 aromatic rings. The molecular formula is C13H23N3S. The van der Waals surface area contributed by atoms with E-state index >= 15 is 0 Å². The van der Waals surface area contributed by atoms with Crippen LogP contribution in [0.15, 0.2) is 0 Å². The van der Waals surface area contributed by atoms with Crippen LogP contribution in [0.25, 0.3) is 0 Å². The largest absolute Gasteiger partial charge is 0.348 e. The fourth-order valence-corrected chi connectivity index (χ4v) is 3.48. The van der Waals surface area contributed by atoms with Crippen molar-refractivity contribution in [3.8, 4) is 0 Å². The molecule has 1 aliphatic rings. The van der Waals surface area contributed by atoms with E-state index in [0.717, 1.165) is 13.1 Å². The molecule has 0 radical (unpaired) electrons. The summed E-state index contributed by atoms with van der Waals surface area (Å²) in [6.45, 7) is 6.24. The molecule has 0 amide bonds. The molecule has 0 aromatic carbocycles. The normalized spacial score (nSPS) is 16.6. The summed E-state index contributed by atoms with van der Waals surface area (Å²) in [5.74, 6) is 0. The van der Waals surface area contributed by atoms with Crippen molar-refractivity contribution in [3.63, 3.8) is 0 Å². The molecule has 3 nitrogen and oxygen atoms in total. The lowest BCUT2D eigenvalue weighted by Crippen LogP contribution is -2.28. The second kappa shape index (κ2) is 5.83. The highest BCUT2D eigenvalue weighted by atomic mass is 32.1. The van der Waals surface area contributed by atoms with E-state index in [1.165, 1.54) is 41.4 Å². The Morgan fingerprint density at radius 3 is 2.76 bits per heavy atom. The molecule has 0 aliphatic heterocycles. The van der Waals surface area contributed by atoms with Gasteiger partial charge in [-0.2, -0.15) is 0 Å². The molecule has 2 rings (SSSR count). The van der Waals surface area contributed by atoms with E-state index in [2.05, 4.69) is 31.1 Å². The second-order valence-corrected chi connectivity index (χ2v) is 5.90. The lowest BCUT2D eigenvalue weighted by atomic mass is 10.2. The minimum atomic E-state index is 0.715. The van der Waals surface area contributed by atoms with Gasteiger partial charge in [0.1, 0.15) is 0 Å². The molecule has 1 aliphatic carbocycles. The van der Waals surface area contributed by atoms with Crippen molar-refractivity contribution < 1.29 is 0 Å². The Labute approximate surface area is 108 Å². The second-order valence-electron chi connectivity index (χ2n) is 4.83. The van der Waals surface area contributed by atoms with Gasteiger partial charge in [0.05, 0.1) is 5.69 Å². The SMILES string of the molecule is CCNCc1sc(N(C)C2CCCC2)nc1C. The molecule has 1 fully saturated rings. The van der Waals surface area contributed by atoms with E-state index in [9.17, 15) is 0 Å². The van der Waals surface area contributed by atoms with Gasteiger partial charge in [-0.15, -0.1) is 11.3 Å². The Kier molecular flexibility index (Phi) is 4.40. The lowest BCUT2D eigenvalue weighted by Gasteiger charge is -2.23. The summed E-state index contributed by atoms with van der Waals surface area (Å²) in [5.41, 5.74) is 1.19. The van der Waals surface area contributed by atoms with Gasteiger partial charge in [-0.3, -0.25) is 0 Å². The zero-order valence-electron chi connectivity index (χ0n) is 11.1. The smallest absolute Gasteiger partial charge is 0.185 e. The van der Waals surface area contributed by atoms with Crippen molar-refractivity contribution in [1.29, 1.82) is 0 Å². The molecule has 17 heavy (non-hydrogen) atoms. The van der Waals surface area contributed by atoms with Gasteiger partial charge in [-0.25, -0.2) is 4.98 Å². The molecule has 0 unspecified atom stereocenters. The summed E-state index contributed by atoms with van der Waals surface area (Å²) in [7, 11) is 2.20. The molecular weight excluding hydrogens is 230 g/mol. The number of hydrogen-bond acceptors (Lipinski definition) is 4. The molecule has 1 aromatic heterocycles. The van der Waals surface area contributed by atoms with E-state index in [4.69, 9.17) is 4.98 Å². The van der Waals surface area contributed by atoms with Crippen LogP contribution < -0.4 is 10.2 Å². The van der Waals surface area contributed by atoms with Crippen LogP contribution in [0.2, 0.25) is 0 Å². The molecule has 1 N–H and O–H groups in total. The maximum atomic E-state index is 4.71. The number of hydrogen-bond donors (Lipinski definition) is 1. The van der Waals surface area contributed by atoms with E-state index in [1.807, 2.05) is 11.3 Å². The summed E-state index contributed by atoms with van der Waals surface area (Å²) in [6.07, 6.45) is 5.42. The minimum Gasteiger partial charge on any atom is -0.348 e. The first-order chi connectivity index (χ1) is 8.22. The third-order valence-electron chi connectivity index (χ3n) is 3.59. The van der Waals surface area contributed by atoms with Gasteiger partial charge in [-0.1, -0.05) is 19.8 Å². The number of nitrogens with one attached hydrogen (secondary N) is 1. The van der Waals surface area contributed by atoms with Crippen LogP contribution in [0, 0.1) is 6.92 Å². The first kappa shape index (κ1) is 12.8. The monoisotopic (exact) mass is 253 g/mol. The number of aryl methyl sites for hydroxylation is 1. The molecule has 1 heterocycles. The van der Waals surface area contributed by atoms with Gasteiger partial charge in [-0.05, 0) is 26.3 Å². The first-order valence-electron chi connectivity index (χ1n) is 6.62. The van der Waals surface area contributed by atoms with Gasteiger partial charge < -0.3 is 10.2 Å². The maximum Gasteiger partial charge on any atom is 0.185 e. The first-order valence-corrected chi connectivity index (χ1v) is 7.44. The molecule has 4 heteroatoms. The Morgan fingerprint density at radius 1 is 1.41 bits per heavy atom. The van der Waals surface area contributed by atoms with Gasteiger partial charge in [0.2, 0.25) is 0 Å². The summed E-state index contributed by atoms with van der Waals surface area (Å²) in [5, 5.41) is 4.58. The molecule has 0 atom stereocenters. The predicted molar refractivity (Wildman–Crippen MR) is 74.9 cm³/mol. The standard InChI is InChI=1S/C13H23N3S/c1-4-14-9-12-10(2)15-13(17-12)16(3)11-7-5-6-8-11/h11,14H,4-9H2,1-3H3. The topological polar surface area (TPSA) is 28.2 Å². The number of aromatic nitrogens is 1. The van der Waals surface area contributed by atoms with Gasteiger partial charge in [0.25, 0.3) is 0 Å². The predicted octanol–water partition coefficient (Wildman–Crippen LogP) is 2.94. The van der Waals surface area contributed by atoms with Crippen molar-refractivity contribution in [1.82, 2.24) is 10.3 Å². The highest BCUT2D eigenvalue weighted by Gasteiger charge is 2.22. The van der Waals surface area contributed by atoms with Crippen LogP contribution in [-0.4, -0.2) is 24.6 Å². The summed E-state index contributed by atoms with van der Waals surface area (Å²) < 4.78 is 0. The summed E-state index contributed by atoms with van der Waals surface area (Å²) in [6, 6.07) is 0.715.